The molecule has 0 atom stereocenters. The van der Waals surface area contributed by atoms with Gasteiger partial charge in [0.15, 0.2) is 5.82 Å². The van der Waals surface area contributed by atoms with Gasteiger partial charge in [-0.25, -0.2) is 4.98 Å². The summed E-state index contributed by atoms with van der Waals surface area (Å²) in [6, 6.07) is 10.6. The molecule has 8 heteroatoms. The van der Waals surface area contributed by atoms with Crippen LogP contribution in [0.2, 0.25) is 20.1 Å². The molecule has 1 N–H and O–H groups in total. The minimum Gasteiger partial charge on any atom is -0.336 e. The number of nitrogens with zero attached hydrogens (tertiary/aromatic N) is 2. The predicted octanol–water partition coefficient (Wildman–Crippen LogP) is 7.76. The lowest BCUT2D eigenvalue weighted by Gasteiger charge is -2.30. The van der Waals surface area contributed by atoms with E-state index in [0.29, 0.717) is 42.6 Å². The number of carbonyl (C=O) groups excluding carboxylic acids is 1. The molecule has 0 aliphatic heterocycles. The molecule has 0 bridgehead atoms. The van der Waals surface area contributed by atoms with Gasteiger partial charge in [-0.2, -0.15) is 0 Å². The van der Waals surface area contributed by atoms with Crippen molar-refractivity contribution in [2.75, 3.05) is 7.05 Å². The number of aromatic nitrogens is 2. The van der Waals surface area contributed by atoms with Crippen LogP contribution in [0.15, 0.2) is 36.4 Å². The van der Waals surface area contributed by atoms with E-state index in [0.717, 1.165) is 25.7 Å². The molecular weight excluding hydrogens is 476 g/mol. The Morgan fingerprint density at radius 3 is 2.10 bits per heavy atom. The Bertz CT molecular complexity index is 1050. The van der Waals surface area contributed by atoms with Crippen molar-refractivity contribution >= 4 is 52.3 Å². The molecule has 1 aliphatic carbocycles. The molecular formula is C23H21Cl4N3O. The maximum absolute atomic E-state index is 13.3. The van der Waals surface area contributed by atoms with Crippen molar-refractivity contribution in [2.24, 2.45) is 0 Å². The van der Waals surface area contributed by atoms with Crippen LogP contribution in [0.3, 0.4) is 0 Å². The second kappa shape index (κ2) is 9.41. The number of imidazole rings is 1. The first kappa shape index (κ1) is 22.5. The fourth-order valence-corrected chi connectivity index (χ4v) is 5.04. The Morgan fingerprint density at radius 2 is 1.52 bits per heavy atom. The molecule has 0 spiro atoms. The molecule has 31 heavy (non-hydrogen) atoms. The molecule has 1 amide bonds. The molecule has 3 aromatic rings. The molecule has 1 saturated carbocycles. The lowest BCUT2D eigenvalue weighted by molar-refractivity contribution is 0.0685. The molecule has 1 heterocycles. The fraction of sp³-hybridized carbons (Fsp3) is 0.304. The summed E-state index contributed by atoms with van der Waals surface area (Å²) in [6.07, 6.45) is 5.51. The van der Waals surface area contributed by atoms with Gasteiger partial charge < -0.3 is 9.88 Å². The van der Waals surface area contributed by atoms with Gasteiger partial charge in [0.05, 0.1) is 21.4 Å². The van der Waals surface area contributed by atoms with Crippen molar-refractivity contribution in [3.8, 4) is 22.5 Å². The van der Waals surface area contributed by atoms with Crippen molar-refractivity contribution in [3.05, 3.63) is 62.3 Å². The van der Waals surface area contributed by atoms with Crippen LogP contribution < -0.4 is 0 Å². The monoisotopic (exact) mass is 495 g/mol. The maximum Gasteiger partial charge on any atom is 0.289 e. The highest BCUT2D eigenvalue weighted by molar-refractivity contribution is 6.37. The van der Waals surface area contributed by atoms with Crippen LogP contribution in [0.4, 0.5) is 0 Å². The molecule has 1 fully saturated rings. The van der Waals surface area contributed by atoms with E-state index in [4.69, 9.17) is 46.4 Å². The second-order valence-electron chi connectivity index (χ2n) is 7.77. The molecule has 0 saturated heterocycles. The first-order valence-corrected chi connectivity index (χ1v) is 11.6. The minimum absolute atomic E-state index is 0.158. The van der Waals surface area contributed by atoms with E-state index in [1.807, 2.05) is 7.05 Å². The lowest BCUT2D eigenvalue weighted by Crippen LogP contribution is -2.38. The van der Waals surface area contributed by atoms with Crippen LogP contribution in [0.5, 0.6) is 0 Å². The zero-order chi connectivity index (χ0) is 22.1. The Morgan fingerprint density at radius 1 is 0.935 bits per heavy atom. The van der Waals surface area contributed by atoms with Crippen LogP contribution in [-0.2, 0) is 0 Å². The number of carbonyl (C=O) groups is 1. The Labute approximate surface area is 201 Å². The number of hydrogen-bond donors (Lipinski definition) is 1. The Hall–Kier alpha value is -1.72. The third-order valence-electron chi connectivity index (χ3n) is 5.74. The van der Waals surface area contributed by atoms with Gasteiger partial charge in [0.2, 0.25) is 0 Å². The molecule has 1 aromatic heterocycles. The molecule has 4 rings (SSSR count). The minimum atomic E-state index is -0.158. The van der Waals surface area contributed by atoms with Gasteiger partial charge in [-0.1, -0.05) is 65.7 Å². The summed E-state index contributed by atoms with van der Waals surface area (Å²) in [4.78, 5) is 22.9. The van der Waals surface area contributed by atoms with E-state index in [1.54, 1.807) is 41.3 Å². The van der Waals surface area contributed by atoms with Gasteiger partial charge in [0, 0.05) is 34.3 Å². The van der Waals surface area contributed by atoms with E-state index in [9.17, 15) is 4.79 Å². The second-order valence-corrected chi connectivity index (χ2v) is 9.45. The quantitative estimate of drug-likeness (QED) is 0.401. The first-order valence-electron chi connectivity index (χ1n) is 10.1. The van der Waals surface area contributed by atoms with Gasteiger partial charge in [0.1, 0.15) is 0 Å². The summed E-state index contributed by atoms with van der Waals surface area (Å²) in [5.41, 5.74) is 2.47. The van der Waals surface area contributed by atoms with Gasteiger partial charge >= 0.3 is 0 Å². The van der Waals surface area contributed by atoms with Gasteiger partial charge in [-0.05, 0) is 49.2 Å². The third kappa shape index (κ3) is 4.73. The average Bonchev–Trinajstić information content (AvgIpc) is 3.18. The van der Waals surface area contributed by atoms with Gasteiger partial charge in [-0.3, -0.25) is 4.79 Å². The highest BCUT2D eigenvalue weighted by Gasteiger charge is 2.27. The number of nitrogens with one attached hydrogen (secondary N) is 1. The van der Waals surface area contributed by atoms with E-state index in [1.165, 1.54) is 6.42 Å². The molecule has 162 valence electrons. The Kier molecular flexibility index (Phi) is 6.83. The Balaban J connectivity index is 1.81. The number of aromatic amines is 1. The van der Waals surface area contributed by atoms with E-state index in [2.05, 4.69) is 9.97 Å². The predicted molar refractivity (Wildman–Crippen MR) is 128 cm³/mol. The van der Waals surface area contributed by atoms with Crippen molar-refractivity contribution in [2.45, 2.75) is 38.1 Å². The zero-order valence-electron chi connectivity index (χ0n) is 16.9. The molecule has 0 radical (unpaired) electrons. The standard InChI is InChI=1S/C23H21Cl4N3O/c1-30(15-5-3-2-4-6-15)23(31)22-28-20(16-9-7-13(24)11-18(16)26)21(29-22)17-10-8-14(25)12-19(17)27/h7-12,15H,2-6H2,1H3,(H,28,29). The summed E-state index contributed by atoms with van der Waals surface area (Å²) >= 11 is 25.1. The smallest absolute Gasteiger partial charge is 0.289 e. The number of amides is 1. The number of H-pyrrole nitrogens is 1. The maximum atomic E-state index is 13.3. The zero-order valence-corrected chi connectivity index (χ0v) is 19.9. The molecule has 0 unspecified atom stereocenters. The van der Waals surface area contributed by atoms with Crippen molar-refractivity contribution in [1.82, 2.24) is 14.9 Å². The SMILES string of the molecule is CN(C(=O)c1nc(-c2ccc(Cl)cc2Cl)c(-c2ccc(Cl)cc2Cl)[nH]1)C1CCCCC1. The number of hydrogen-bond acceptors (Lipinski definition) is 2. The first-order chi connectivity index (χ1) is 14.8. The van der Waals surface area contributed by atoms with Gasteiger partial charge in [0.25, 0.3) is 5.91 Å². The highest BCUT2D eigenvalue weighted by atomic mass is 35.5. The van der Waals surface area contributed by atoms with E-state index >= 15 is 0 Å². The summed E-state index contributed by atoms with van der Waals surface area (Å²) in [6.45, 7) is 0. The van der Waals surface area contributed by atoms with E-state index < -0.39 is 0 Å². The van der Waals surface area contributed by atoms with Gasteiger partial charge in [-0.15, -0.1) is 0 Å². The van der Waals surface area contributed by atoms with Crippen LogP contribution >= 0.6 is 46.4 Å². The van der Waals surface area contributed by atoms with Crippen LogP contribution in [0, 0.1) is 0 Å². The summed E-state index contributed by atoms with van der Waals surface area (Å²) in [5, 5.41) is 1.92. The summed E-state index contributed by atoms with van der Waals surface area (Å²) < 4.78 is 0. The summed E-state index contributed by atoms with van der Waals surface area (Å²) in [5.74, 6) is 0.0877. The summed E-state index contributed by atoms with van der Waals surface area (Å²) in [7, 11) is 1.84. The molecule has 1 aliphatic rings. The van der Waals surface area contributed by atoms with Crippen molar-refractivity contribution in [3.63, 3.8) is 0 Å². The van der Waals surface area contributed by atoms with Crippen LogP contribution in [-0.4, -0.2) is 33.9 Å². The largest absolute Gasteiger partial charge is 0.336 e. The fourth-order valence-electron chi connectivity index (χ4n) is 4.04. The number of benzene rings is 2. The topological polar surface area (TPSA) is 49.0 Å². The number of rotatable bonds is 4. The third-order valence-corrected chi connectivity index (χ3v) is 6.83. The van der Waals surface area contributed by atoms with E-state index in [-0.39, 0.29) is 17.8 Å². The van der Waals surface area contributed by atoms with Crippen LogP contribution in [0.1, 0.15) is 42.7 Å². The van der Waals surface area contributed by atoms with Crippen LogP contribution in [0.25, 0.3) is 22.5 Å². The lowest BCUT2D eigenvalue weighted by atomic mass is 9.94. The highest BCUT2D eigenvalue weighted by Crippen LogP contribution is 2.39. The molecule has 2 aromatic carbocycles. The molecule has 4 nitrogen and oxygen atoms in total. The number of halogens is 4. The van der Waals surface area contributed by atoms with Crippen molar-refractivity contribution in [1.29, 1.82) is 0 Å². The normalized spacial score (nSPS) is 14.6. The average molecular weight is 497 g/mol. The van der Waals surface area contributed by atoms with Crippen molar-refractivity contribution < 1.29 is 4.79 Å².